The van der Waals surface area contributed by atoms with E-state index in [1.807, 2.05) is 0 Å². The Morgan fingerprint density at radius 1 is 1.38 bits per heavy atom. The van der Waals surface area contributed by atoms with E-state index in [4.69, 9.17) is 9.63 Å². The summed E-state index contributed by atoms with van der Waals surface area (Å²) in [6.45, 7) is 0.00331. The molecule has 1 aromatic heterocycles. The molecular formula is C11H9BrFNO2. The first-order chi connectivity index (χ1) is 7.70. The zero-order valence-electron chi connectivity index (χ0n) is 8.28. The van der Waals surface area contributed by atoms with E-state index in [1.54, 1.807) is 18.2 Å². The molecule has 0 saturated heterocycles. The fourth-order valence-corrected chi connectivity index (χ4v) is 1.58. The van der Waals surface area contributed by atoms with Crippen LogP contribution in [0.3, 0.4) is 0 Å². The molecule has 0 aliphatic rings. The quantitative estimate of drug-likeness (QED) is 0.943. The molecule has 3 nitrogen and oxygen atoms in total. The second-order valence-electron chi connectivity index (χ2n) is 3.28. The average Bonchev–Trinajstić information content (AvgIpc) is 2.71. The van der Waals surface area contributed by atoms with Crippen LogP contribution < -0.4 is 0 Å². The number of hydrogen-bond donors (Lipinski definition) is 1. The zero-order valence-corrected chi connectivity index (χ0v) is 9.87. The van der Waals surface area contributed by atoms with Crippen LogP contribution in [0.5, 0.6) is 0 Å². The molecule has 0 aliphatic heterocycles. The van der Waals surface area contributed by atoms with E-state index in [0.29, 0.717) is 27.9 Å². The number of aromatic nitrogens is 1. The van der Waals surface area contributed by atoms with Crippen LogP contribution in [-0.4, -0.2) is 16.9 Å². The third-order valence-electron chi connectivity index (χ3n) is 2.13. The number of aliphatic hydroxyl groups is 1. The van der Waals surface area contributed by atoms with Crippen molar-refractivity contribution in [3.63, 3.8) is 0 Å². The number of halogens is 2. The molecule has 2 aromatic rings. The molecule has 0 spiro atoms. The van der Waals surface area contributed by atoms with Gasteiger partial charge in [0, 0.05) is 18.1 Å². The first-order valence-corrected chi connectivity index (χ1v) is 5.52. The lowest BCUT2D eigenvalue weighted by atomic mass is 10.1. The van der Waals surface area contributed by atoms with Crippen molar-refractivity contribution in [3.8, 4) is 11.3 Å². The summed E-state index contributed by atoms with van der Waals surface area (Å²) >= 11 is 3.08. The third-order valence-corrected chi connectivity index (χ3v) is 2.78. The van der Waals surface area contributed by atoms with Crippen molar-refractivity contribution in [2.75, 3.05) is 6.61 Å². The second kappa shape index (κ2) is 4.76. The summed E-state index contributed by atoms with van der Waals surface area (Å²) in [5.74, 6) is 0.241. The minimum absolute atomic E-state index is 0.00331. The van der Waals surface area contributed by atoms with Crippen molar-refractivity contribution < 1.29 is 14.0 Å². The minimum Gasteiger partial charge on any atom is -0.396 e. The molecule has 0 unspecified atom stereocenters. The molecule has 0 fully saturated rings. The van der Waals surface area contributed by atoms with Gasteiger partial charge in [0.15, 0.2) is 0 Å². The zero-order chi connectivity index (χ0) is 11.5. The smallest absolute Gasteiger partial charge is 0.139 e. The Bertz CT molecular complexity index is 498. The van der Waals surface area contributed by atoms with Gasteiger partial charge in [0.25, 0.3) is 0 Å². The topological polar surface area (TPSA) is 46.3 Å². The van der Waals surface area contributed by atoms with E-state index >= 15 is 0 Å². The summed E-state index contributed by atoms with van der Waals surface area (Å²) in [5.41, 5.74) is 1.21. The molecule has 16 heavy (non-hydrogen) atoms. The fraction of sp³-hybridized carbons (Fsp3) is 0.182. The standard InChI is InChI=1S/C11H9BrFNO2/c12-9-2-1-7(5-10(9)13)11-6-8(3-4-15)16-14-11/h1-2,5-6,15H,3-4H2. The van der Waals surface area contributed by atoms with Crippen molar-refractivity contribution in [1.29, 1.82) is 0 Å². The normalized spacial score (nSPS) is 10.7. The van der Waals surface area contributed by atoms with Gasteiger partial charge in [-0.25, -0.2) is 4.39 Å². The van der Waals surface area contributed by atoms with Gasteiger partial charge in [-0.05, 0) is 28.1 Å². The van der Waals surface area contributed by atoms with Crippen molar-refractivity contribution in [2.45, 2.75) is 6.42 Å². The van der Waals surface area contributed by atoms with Crippen LogP contribution in [0.15, 0.2) is 33.3 Å². The molecule has 0 saturated carbocycles. The highest BCUT2D eigenvalue weighted by Crippen LogP contribution is 2.24. The summed E-state index contributed by atoms with van der Waals surface area (Å²) < 4.78 is 18.7. The number of rotatable bonds is 3. The molecule has 0 atom stereocenters. The van der Waals surface area contributed by atoms with E-state index in [1.165, 1.54) is 6.07 Å². The van der Waals surface area contributed by atoms with Crippen LogP contribution in [0.4, 0.5) is 4.39 Å². The molecular weight excluding hydrogens is 277 g/mol. The molecule has 1 aromatic carbocycles. The molecule has 5 heteroatoms. The maximum Gasteiger partial charge on any atom is 0.139 e. The van der Waals surface area contributed by atoms with Gasteiger partial charge in [-0.1, -0.05) is 11.2 Å². The summed E-state index contributed by atoms with van der Waals surface area (Å²) in [7, 11) is 0. The SMILES string of the molecule is OCCc1cc(-c2ccc(Br)c(F)c2)no1. The molecule has 0 radical (unpaired) electrons. The molecule has 1 heterocycles. The first-order valence-electron chi connectivity index (χ1n) is 4.72. The van der Waals surface area contributed by atoms with E-state index < -0.39 is 0 Å². The number of aliphatic hydroxyl groups excluding tert-OH is 1. The van der Waals surface area contributed by atoms with Crippen LogP contribution in [0.1, 0.15) is 5.76 Å². The van der Waals surface area contributed by atoms with Crippen LogP contribution >= 0.6 is 15.9 Å². The molecule has 0 amide bonds. The van der Waals surface area contributed by atoms with E-state index in [2.05, 4.69) is 21.1 Å². The number of benzene rings is 1. The molecule has 1 N–H and O–H groups in total. The van der Waals surface area contributed by atoms with E-state index in [-0.39, 0.29) is 12.4 Å². The molecule has 0 aliphatic carbocycles. The van der Waals surface area contributed by atoms with Crippen molar-refractivity contribution in [2.24, 2.45) is 0 Å². The van der Waals surface area contributed by atoms with Crippen molar-refractivity contribution in [1.82, 2.24) is 5.16 Å². The Balaban J connectivity index is 2.31. The monoisotopic (exact) mass is 285 g/mol. The number of nitrogens with zero attached hydrogens (tertiary/aromatic N) is 1. The minimum atomic E-state index is -0.343. The Morgan fingerprint density at radius 2 is 2.19 bits per heavy atom. The maximum absolute atomic E-state index is 13.3. The summed E-state index contributed by atoms with van der Waals surface area (Å²) in [4.78, 5) is 0. The Labute approximate surface area is 100 Å². The van der Waals surface area contributed by atoms with Gasteiger partial charge in [0.05, 0.1) is 11.1 Å². The molecule has 84 valence electrons. The first kappa shape index (κ1) is 11.3. The van der Waals surface area contributed by atoms with Crippen molar-refractivity contribution >= 4 is 15.9 Å². The fourth-order valence-electron chi connectivity index (χ4n) is 1.33. The largest absolute Gasteiger partial charge is 0.396 e. The summed E-state index contributed by atoms with van der Waals surface area (Å²) in [6.07, 6.45) is 0.409. The van der Waals surface area contributed by atoms with Crippen molar-refractivity contribution in [3.05, 3.63) is 40.3 Å². The Morgan fingerprint density at radius 3 is 2.88 bits per heavy atom. The van der Waals surface area contributed by atoms with Gasteiger partial charge < -0.3 is 9.63 Å². The highest BCUT2D eigenvalue weighted by molar-refractivity contribution is 9.10. The van der Waals surface area contributed by atoms with Gasteiger partial charge in [0.1, 0.15) is 17.3 Å². The Kier molecular flexibility index (Phi) is 3.36. The van der Waals surface area contributed by atoms with Gasteiger partial charge >= 0.3 is 0 Å². The lowest BCUT2D eigenvalue weighted by Gasteiger charge is -1.97. The molecule has 2 rings (SSSR count). The summed E-state index contributed by atoms with van der Waals surface area (Å²) in [6, 6.07) is 6.43. The molecule has 0 bridgehead atoms. The maximum atomic E-state index is 13.3. The van der Waals surface area contributed by atoms with Gasteiger partial charge in [-0.3, -0.25) is 0 Å². The van der Waals surface area contributed by atoms with Crippen LogP contribution in [0.2, 0.25) is 0 Å². The van der Waals surface area contributed by atoms with Gasteiger partial charge in [-0.15, -0.1) is 0 Å². The Hall–Kier alpha value is -1.20. The highest BCUT2D eigenvalue weighted by atomic mass is 79.9. The predicted octanol–water partition coefficient (Wildman–Crippen LogP) is 2.78. The van der Waals surface area contributed by atoms with Gasteiger partial charge in [0.2, 0.25) is 0 Å². The third kappa shape index (κ3) is 2.31. The predicted molar refractivity (Wildman–Crippen MR) is 60.4 cm³/mol. The highest BCUT2D eigenvalue weighted by Gasteiger charge is 2.08. The van der Waals surface area contributed by atoms with Crippen LogP contribution in [-0.2, 0) is 6.42 Å². The van der Waals surface area contributed by atoms with Crippen LogP contribution in [0.25, 0.3) is 11.3 Å². The average molecular weight is 286 g/mol. The van der Waals surface area contributed by atoms with E-state index in [9.17, 15) is 4.39 Å². The second-order valence-corrected chi connectivity index (χ2v) is 4.14. The lowest BCUT2D eigenvalue weighted by Crippen LogP contribution is -1.86. The summed E-state index contributed by atoms with van der Waals surface area (Å²) in [5, 5.41) is 12.5. The van der Waals surface area contributed by atoms with Gasteiger partial charge in [-0.2, -0.15) is 0 Å². The van der Waals surface area contributed by atoms with E-state index in [0.717, 1.165) is 0 Å². The number of hydrogen-bond acceptors (Lipinski definition) is 3. The van der Waals surface area contributed by atoms with Crippen LogP contribution in [0, 0.1) is 5.82 Å². The lowest BCUT2D eigenvalue weighted by molar-refractivity contribution is 0.277.